The maximum absolute atomic E-state index is 11.8. The normalized spacial score (nSPS) is 12.8. The molecule has 0 saturated carbocycles. The number of nitrogens with two attached hydrogens (primary N) is 1. The Bertz CT molecular complexity index is 392. The van der Waals surface area contributed by atoms with E-state index in [0.717, 1.165) is 10.7 Å². The van der Waals surface area contributed by atoms with Gasteiger partial charge < -0.3 is 15.7 Å². The maximum Gasteiger partial charge on any atom is 0.228 e. The smallest absolute Gasteiger partial charge is 0.228 e. The van der Waals surface area contributed by atoms with Crippen LogP contribution in [0.25, 0.3) is 0 Å². The second-order valence-corrected chi connectivity index (χ2v) is 5.55. The van der Waals surface area contributed by atoms with E-state index >= 15 is 0 Å². The van der Waals surface area contributed by atoms with Crippen LogP contribution in [0.1, 0.15) is 30.6 Å². The largest absolute Gasteiger partial charge is 0.395 e. The number of hydrogen-bond donors (Lipinski definition) is 2. The van der Waals surface area contributed by atoms with Crippen LogP contribution in [0.4, 0.5) is 0 Å². The summed E-state index contributed by atoms with van der Waals surface area (Å²) in [6.45, 7) is 4.42. The molecule has 0 radical (unpaired) electrons. The van der Waals surface area contributed by atoms with Crippen molar-refractivity contribution in [3.8, 4) is 0 Å². The van der Waals surface area contributed by atoms with Gasteiger partial charge in [0.05, 0.1) is 24.8 Å². The average Bonchev–Trinajstić information content (AvgIpc) is 2.76. The third-order valence-corrected chi connectivity index (χ3v) is 3.76. The molecule has 1 atom stereocenters. The minimum atomic E-state index is -0.0750. The molecule has 1 heterocycles. The third kappa shape index (κ3) is 4.04. The van der Waals surface area contributed by atoms with Crippen molar-refractivity contribution in [1.29, 1.82) is 0 Å². The SMILES string of the molecule is CC(C)C(N)c1nc(CC(=O)N(C)CCO)cs1. The number of nitrogens with zero attached hydrogens (tertiary/aromatic N) is 2. The van der Waals surface area contributed by atoms with Gasteiger partial charge in [-0.15, -0.1) is 11.3 Å². The molecule has 3 N–H and O–H groups in total. The number of amides is 1. The van der Waals surface area contributed by atoms with Crippen LogP contribution in [0.15, 0.2) is 5.38 Å². The van der Waals surface area contributed by atoms with Gasteiger partial charge in [-0.2, -0.15) is 0 Å². The second kappa shape index (κ2) is 6.82. The van der Waals surface area contributed by atoms with Crippen LogP contribution in [0.5, 0.6) is 0 Å². The highest BCUT2D eigenvalue weighted by Crippen LogP contribution is 2.22. The van der Waals surface area contributed by atoms with Crippen molar-refractivity contribution in [2.45, 2.75) is 26.3 Å². The Morgan fingerprint density at radius 2 is 2.28 bits per heavy atom. The Balaban J connectivity index is 2.61. The molecule has 18 heavy (non-hydrogen) atoms. The molecule has 0 saturated heterocycles. The molecule has 1 amide bonds. The Morgan fingerprint density at radius 1 is 1.61 bits per heavy atom. The van der Waals surface area contributed by atoms with Crippen molar-refractivity contribution < 1.29 is 9.90 Å². The Hall–Kier alpha value is -0.980. The van der Waals surface area contributed by atoms with Crippen molar-refractivity contribution in [2.24, 2.45) is 11.7 Å². The van der Waals surface area contributed by atoms with Gasteiger partial charge in [-0.25, -0.2) is 4.98 Å². The summed E-state index contributed by atoms with van der Waals surface area (Å²) in [5, 5.41) is 11.5. The van der Waals surface area contributed by atoms with E-state index in [1.165, 1.54) is 16.2 Å². The second-order valence-electron chi connectivity index (χ2n) is 4.66. The van der Waals surface area contributed by atoms with E-state index < -0.39 is 0 Å². The first-order valence-corrected chi connectivity index (χ1v) is 6.88. The van der Waals surface area contributed by atoms with Gasteiger partial charge in [-0.1, -0.05) is 13.8 Å². The van der Waals surface area contributed by atoms with Crippen molar-refractivity contribution in [3.63, 3.8) is 0 Å². The lowest BCUT2D eigenvalue weighted by atomic mass is 10.1. The Morgan fingerprint density at radius 3 is 2.83 bits per heavy atom. The molecule has 0 aromatic carbocycles. The lowest BCUT2D eigenvalue weighted by Crippen LogP contribution is -2.30. The first-order valence-electron chi connectivity index (χ1n) is 6.00. The minimum absolute atomic E-state index is 0.0250. The minimum Gasteiger partial charge on any atom is -0.395 e. The predicted octanol–water partition coefficient (Wildman–Crippen LogP) is 0.792. The fourth-order valence-electron chi connectivity index (χ4n) is 1.41. The number of carbonyl (C=O) groups excluding carboxylic acids is 1. The molecule has 0 fully saturated rings. The lowest BCUT2D eigenvalue weighted by molar-refractivity contribution is -0.129. The number of hydrogen-bond acceptors (Lipinski definition) is 5. The molecule has 0 aliphatic heterocycles. The molecule has 0 spiro atoms. The standard InChI is InChI=1S/C12H21N3O2S/c1-8(2)11(13)12-14-9(7-18-12)6-10(17)15(3)4-5-16/h7-8,11,16H,4-6,13H2,1-3H3. The molecule has 102 valence electrons. The zero-order valence-corrected chi connectivity index (χ0v) is 11.9. The van der Waals surface area contributed by atoms with E-state index in [4.69, 9.17) is 10.8 Å². The van der Waals surface area contributed by atoms with E-state index in [-0.39, 0.29) is 25.0 Å². The topological polar surface area (TPSA) is 79.5 Å². The molecule has 5 nitrogen and oxygen atoms in total. The van der Waals surface area contributed by atoms with Crippen molar-refractivity contribution in [2.75, 3.05) is 20.2 Å². The maximum atomic E-state index is 11.8. The van der Waals surface area contributed by atoms with E-state index in [1.54, 1.807) is 7.05 Å². The highest BCUT2D eigenvalue weighted by Gasteiger charge is 2.16. The third-order valence-electron chi connectivity index (χ3n) is 2.77. The molecule has 1 aromatic heterocycles. The van der Waals surface area contributed by atoms with Crippen LogP contribution in [-0.4, -0.2) is 41.1 Å². The highest BCUT2D eigenvalue weighted by atomic mass is 32.1. The summed E-state index contributed by atoms with van der Waals surface area (Å²) in [5.74, 6) is 0.288. The number of aliphatic hydroxyl groups excluding tert-OH is 1. The monoisotopic (exact) mass is 271 g/mol. The first-order chi connectivity index (χ1) is 8.45. The van der Waals surface area contributed by atoms with Crippen LogP contribution in [0, 0.1) is 5.92 Å². The summed E-state index contributed by atoms with van der Waals surface area (Å²) in [7, 11) is 1.67. The van der Waals surface area contributed by atoms with Gasteiger partial charge in [0, 0.05) is 19.0 Å². The van der Waals surface area contributed by atoms with Crippen molar-refractivity contribution in [1.82, 2.24) is 9.88 Å². The summed E-state index contributed by atoms with van der Waals surface area (Å²) in [6.07, 6.45) is 0.262. The molecule has 1 unspecified atom stereocenters. The molecule has 0 aliphatic rings. The number of aliphatic hydroxyl groups is 1. The molecule has 0 aliphatic carbocycles. The summed E-state index contributed by atoms with van der Waals surface area (Å²) in [6, 6.07) is -0.0750. The summed E-state index contributed by atoms with van der Waals surface area (Å²) in [5.41, 5.74) is 6.76. The summed E-state index contributed by atoms with van der Waals surface area (Å²) >= 11 is 1.50. The molecular weight excluding hydrogens is 250 g/mol. The molecule has 0 bridgehead atoms. The van der Waals surface area contributed by atoms with Crippen molar-refractivity contribution in [3.05, 3.63) is 16.1 Å². The first kappa shape index (κ1) is 15.1. The molecule has 6 heteroatoms. The predicted molar refractivity (Wildman–Crippen MR) is 72.3 cm³/mol. The van der Waals surface area contributed by atoms with Gasteiger partial charge in [-0.05, 0) is 5.92 Å². The molecule has 1 rings (SSSR count). The van der Waals surface area contributed by atoms with Gasteiger partial charge in [0.2, 0.25) is 5.91 Å². The van der Waals surface area contributed by atoms with Gasteiger partial charge in [-0.3, -0.25) is 4.79 Å². The average molecular weight is 271 g/mol. The Labute approximate surface area is 112 Å². The zero-order valence-electron chi connectivity index (χ0n) is 11.1. The highest BCUT2D eigenvalue weighted by molar-refractivity contribution is 7.09. The Kier molecular flexibility index (Phi) is 5.71. The van der Waals surface area contributed by atoms with Gasteiger partial charge in [0.25, 0.3) is 0 Å². The molecule has 1 aromatic rings. The van der Waals surface area contributed by atoms with Crippen LogP contribution in [-0.2, 0) is 11.2 Å². The lowest BCUT2D eigenvalue weighted by Gasteiger charge is -2.14. The van der Waals surface area contributed by atoms with Gasteiger partial charge in [0.1, 0.15) is 5.01 Å². The quantitative estimate of drug-likeness (QED) is 0.802. The zero-order chi connectivity index (χ0) is 13.7. The number of aromatic nitrogens is 1. The fraction of sp³-hybridized carbons (Fsp3) is 0.667. The van der Waals surface area contributed by atoms with Crippen molar-refractivity contribution >= 4 is 17.2 Å². The van der Waals surface area contributed by atoms with Crippen LogP contribution in [0.3, 0.4) is 0 Å². The van der Waals surface area contributed by atoms with Crippen LogP contribution >= 0.6 is 11.3 Å². The van der Waals surface area contributed by atoms with Gasteiger partial charge in [0.15, 0.2) is 0 Å². The van der Waals surface area contributed by atoms with E-state index in [1.807, 2.05) is 19.2 Å². The van der Waals surface area contributed by atoms with Gasteiger partial charge >= 0.3 is 0 Å². The summed E-state index contributed by atoms with van der Waals surface area (Å²) in [4.78, 5) is 17.7. The number of carbonyl (C=O) groups is 1. The number of likely N-dealkylation sites (N-methyl/N-ethyl adjacent to an activating group) is 1. The number of thiazole rings is 1. The van der Waals surface area contributed by atoms with E-state index in [9.17, 15) is 4.79 Å². The van der Waals surface area contributed by atoms with E-state index in [2.05, 4.69) is 4.98 Å². The van der Waals surface area contributed by atoms with E-state index in [0.29, 0.717) is 12.5 Å². The van der Waals surface area contributed by atoms with Crippen LogP contribution < -0.4 is 5.73 Å². The number of rotatable bonds is 6. The summed E-state index contributed by atoms with van der Waals surface area (Å²) < 4.78 is 0. The fourth-order valence-corrected chi connectivity index (χ4v) is 2.40. The van der Waals surface area contributed by atoms with Crippen LogP contribution in [0.2, 0.25) is 0 Å². The molecular formula is C12H21N3O2S.